The van der Waals surface area contributed by atoms with Gasteiger partial charge in [0, 0.05) is 38.8 Å². The molecule has 0 radical (unpaired) electrons. The zero-order chi connectivity index (χ0) is 13.7. The van der Waals surface area contributed by atoms with Gasteiger partial charge >= 0.3 is 0 Å². The number of anilines is 2. The lowest BCUT2D eigenvalue weighted by Crippen LogP contribution is -2.44. The second-order valence-electron chi connectivity index (χ2n) is 5.02. The molecule has 1 unspecified atom stereocenters. The Morgan fingerprint density at radius 2 is 2.00 bits per heavy atom. The van der Waals surface area contributed by atoms with Crippen LogP contribution in [0.15, 0.2) is 12.4 Å². The maximum absolute atomic E-state index is 4.43. The molecule has 1 N–H and O–H groups in total. The third kappa shape index (κ3) is 3.35. The molecule has 1 fully saturated rings. The fraction of sp³-hybridized carbons (Fsp3) is 0.714. The molecule has 19 heavy (non-hydrogen) atoms. The van der Waals surface area contributed by atoms with Gasteiger partial charge < -0.3 is 15.1 Å². The Balaban J connectivity index is 2.12. The van der Waals surface area contributed by atoms with E-state index in [1.54, 1.807) is 6.33 Å². The van der Waals surface area contributed by atoms with Crippen LogP contribution in [0.1, 0.15) is 26.7 Å². The summed E-state index contributed by atoms with van der Waals surface area (Å²) >= 11 is 0. The van der Waals surface area contributed by atoms with Crippen molar-refractivity contribution in [2.45, 2.75) is 32.7 Å². The minimum Gasteiger partial charge on any atom is -0.357 e. The summed E-state index contributed by atoms with van der Waals surface area (Å²) < 4.78 is 0. The number of piperidine rings is 1. The van der Waals surface area contributed by atoms with Gasteiger partial charge in [-0.3, -0.25) is 0 Å². The van der Waals surface area contributed by atoms with Crippen molar-refractivity contribution in [2.75, 3.05) is 43.0 Å². The van der Waals surface area contributed by atoms with Crippen LogP contribution in [0.25, 0.3) is 0 Å². The smallest absolute Gasteiger partial charge is 0.134 e. The van der Waals surface area contributed by atoms with Crippen LogP contribution in [0.4, 0.5) is 11.6 Å². The first-order valence-electron chi connectivity index (χ1n) is 7.26. The first-order chi connectivity index (χ1) is 9.26. The van der Waals surface area contributed by atoms with Crippen molar-refractivity contribution in [3.63, 3.8) is 0 Å². The van der Waals surface area contributed by atoms with Gasteiger partial charge in [-0.15, -0.1) is 0 Å². The Morgan fingerprint density at radius 1 is 1.26 bits per heavy atom. The number of likely N-dealkylation sites (N-methyl/N-ethyl adjacent to an activating group) is 1. The fourth-order valence-electron chi connectivity index (χ4n) is 2.60. The standard InChI is InChI=1S/C14H25N5/c1-4-19(5-2)14-9-13(16-11-17-14)18(3)12-7-6-8-15-10-12/h9,11-12,15H,4-8,10H2,1-3H3. The number of aromatic nitrogens is 2. The van der Waals surface area contributed by atoms with Crippen LogP contribution < -0.4 is 15.1 Å². The molecule has 1 atom stereocenters. The molecule has 1 aliphatic heterocycles. The summed E-state index contributed by atoms with van der Waals surface area (Å²) in [6.07, 6.45) is 4.15. The van der Waals surface area contributed by atoms with E-state index in [9.17, 15) is 0 Å². The van der Waals surface area contributed by atoms with Crippen molar-refractivity contribution in [1.29, 1.82) is 0 Å². The second kappa shape index (κ2) is 6.70. The average molecular weight is 263 g/mol. The van der Waals surface area contributed by atoms with Crippen molar-refractivity contribution < 1.29 is 0 Å². The maximum Gasteiger partial charge on any atom is 0.134 e. The first kappa shape index (κ1) is 14.1. The lowest BCUT2D eigenvalue weighted by atomic mass is 10.1. The van der Waals surface area contributed by atoms with E-state index in [0.717, 1.165) is 37.8 Å². The fourth-order valence-corrected chi connectivity index (χ4v) is 2.60. The third-order valence-electron chi connectivity index (χ3n) is 3.91. The van der Waals surface area contributed by atoms with Crippen molar-refractivity contribution in [3.8, 4) is 0 Å². The van der Waals surface area contributed by atoms with Crippen molar-refractivity contribution in [3.05, 3.63) is 12.4 Å². The van der Waals surface area contributed by atoms with E-state index in [1.807, 2.05) is 0 Å². The highest BCUT2D eigenvalue weighted by atomic mass is 15.2. The summed E-state index contributed by atoms with van der Waals surface area (Å²) in [7, 11) is 2.13. The molecular formula is C14H25N5. The molecule has 2 heterocycles. The van der Waals surface area contributed by atoms with Gasteiger partial charge in [-0.05, 0) is 33.2 Å². The van der Waals surface area contributed by atoms with Crippen molar-refractivity contribution >= 4 is 11.6 Å². The Labute approximate surface area is 116 Å². The molecule has 1 saturated heterocycles. The second-order valence-corrected chi connectivity index (χ2v) is 5.02. The van der Waals surface area contributed by atoms with Gasteiger partial charge in [-0.25, -0.2) is 9.97 Å². The number of hydrogen-bond donors (Lipinski definition) is 1. The van der Waals surface area contributed by atoms with Gasteiger partial charge in [0.25, 0.3) is 0 Å². The van der Waals surface area contributed by atoms with Crippen LogP contribution in [-0.2, 0) is 0 Å². The van der Waals surface area contributed by atoms with Gasteiger partial charge in [-0.1, -0.05) is 0 Å². The van der Waals surface area contributed by atoms with Crippen molar-refractivity contribution in [2.24, 2.45) is 0 Å². The van der Waals surface area contributed by atoms with E-state index in [1.165, 1.54) is 12.8 Å². The predicted molar refractivity (Wildman–Crippen MR) is 79.9 cm³/mol. The topological polar surface area (TPSA) is 44.3 Å². The molecule has 0 bridgehead atoms. The van der Waals surface area contributed by atoms with Crippen LogP contribution in [0, 0.1) is 0 Å². The molecule has 0 spiro atoms. The van der Waals surface area contributed by atoms with Gasteiger partial charge in [0.15, 0.2) is 0 Å². The van der Waals surface area contributed by atoms with Crippen LogP contribution in [0.2, 0.25) is 0 Å². The van der Waals surface area contributed by atoms with Gasteiger partial charge in [0.05, 0.1) is 0 Å². The molecule has 1 aromatic rings. The van der Waals surface area contributed by atoms with E-state index in [4.69, 9.17) is 0 Å². The lowest BCUT2D eigenvalue weighted by Gasteiger charge is -2.33. The number of nitrogens with one attached hydrogen (secondary N) is 1. The van der Waals surface area contributed by atoms with Crippen LogP contribution in [-0.4, -0.2) is 49.2 Å². The Hall–Kier alpha value is -1.36. The number of rotatable bonds is 5. The summed E-state index contributed by atoms with van der Waals surface area (Å²) in [5.74, 6) is 2.04. The van der Waals surface area contributed by atoms with Gasteiger partial charge in [-0.2, -0.15) is 0 Å². The SMILES string of the molecule is CCN(CC)c1cc(N(C)C2CCCNC2)ncn1. The Bertz CT molecular complexity index is 385. The molecule has 0 amide bonds. The van der Waals surface area contributed by atoms with Crippen LogP contribution in [0.5, 0.6) is 0 Å². The zero-order valence-corrected chi connectivity index (χ0v) is 12.3. The summed E-state index contributed by atoms with van der Waals surface area (Å²) in [5.41, 5.74) is 0. The molecule has 5 heteroatoms. The molecular weight excluding hydrogens is 238 g/mol. The van der Waals surface area contributed by atoms with Gasteiger partial charge in [0.2, 0.25) is 0 Å². The van der Waals surface area contributed by atoms with Crippen LogP contribution in [0.3, 0.4) is 0 Å². The largest absolute Gasteiger partial charge is 0.357 e. The highest BCUT2D eigenvalue weighted by Crippen LogP contribution is 2.20. The quantitative estimate of drug-likeness (QED) is 0.872. The molecule has 1 aromatic heterocycles. The number of nitrogens with zero attached hydrogens (tertiary/aromatic N) is 4. The minimum atomic E-state index is 0.535. The maximum atomic E-state index is 4.43. The van der Waals surface area contributed by atoms with E-state index in [0.29, 0.717) is 6.04 Å². The minimum absolute atomic E-state index is 0.535. The molecule has 1 aliphatic rings. The molecule has 0 aliphatic carbocycles. The zero-order valence-electron chi connectivity index (χ0n) is 12.3. The molecule has 0 saturated carbocycles. The molecule has 0 aromatic carbocycles. The molecule has 106 valence electrons. The number of hydrogen-bond acceptors (Lipinski definition) is 5. The van der Waals surface area contributed by atoms with Gasteiger partial charge in [0.1, 0.15) is 18.0 Å². The monoisotopic (exact) mass is 263 g/mol. The third-order valence-corrected chi connectivity index (χ3v) is 3.91. The predicted octanol–water partition coefficient (Wildman–Crippen LogP) is 1.51. The van der Waals surface area contributed by atoms with E-state index >= 15 is 0 Å². The lowest BCUT2D eigenvalue weighted by molar-refractivity contribution is 0.443. The Kier molecular flexibility index (Phi) is 4.96. The van der Waals surface area contributed by atoms with E-state index in [2.05, 4.69) is 52.0 Å². The average Bonchev–Trinajstić information content (AvgIpc) is 2.49. The first-order valence-corrected chi connectivity index (χ1v) is 7.26. The summed E-state index contributed by atoms with van der Waals surface area (Å²) in [6, 6.07) is 2.63. The highest BCUT2D eigenvalue weighted by molar-refractivity contribution is 5.50. The van der Waals surface area contributed by atoms with Crippen LogP contribution >= 0.6 is 0 Å². The van der Waals surface area contributed by atoms with E-state index in [-0.39, 0.29) is 0 Å². The molecule has 5 nitrogen and oxygen atoms in total. The summed E-state index contributed by atoms with van der Waals surface area (Å²) in [5, 5.41) is 3.45. The van der Waals surface area contributed by atoms with Crippen molar-refractivity contribution in [1.82, 2.24) is 15.3 Å². The summed E-state index contributed by atoms with van der Waals surface area (Å²) in [4.78, 5) is 13.3. The normalized spacial score (nSPS) is 19.2. The molecule has 2 rings (SSSR count). The summed E-state index contributed by atoms with van der Waals surface area (Å²) in [6.45, 7) is 8.43. The van der Waals surface area contributed by atoms with E-state index < -0.39 is 0 Å². The highest BCUT2D eigenvalue weighted by Gasteiger charge is 2.19. The Morgan fingerprint density at radius 3 is 2.63 bits per heavy atom.